The third-order valence-corrected chi connectivity index (χ3v) is 2.67. The summed E-state index contributed by atoms with van der Waals surface area (Å²) in [5.41, 5.74) is 0. The molecular formula is C10H12O4S. The molecule has 0 saturated heterocycles. The number of methoxy groups -OCH3 is 1. The Bertz CT molecular complexity index is 318. The van der Waals surface area contributed by atoms with Crippen molar-refractivity contribution in [1.29, 1.82) is 0 Å². The minimum absolute atomic E-state index is 0.289. The Morgan fingerprint density at radius 3 is 2.80 bits per heavy atom. The Balaban J connectivity index is 2.16. The van der Waals surface area contributed by atoms with Crippen molar-refractivity contribution in [3.63, 3.8) is 0 Å². The highest BCUT2D eigenvalue weighted by molar-refractivity contribution is 7.09. The van der Waals surface area contributed by atoms with Gasteiger partial charge in [-0.25, -0.2) is 4.79 Å². The Kier molecular flexibility index (Phi) is 4.83. The molecule has 0 unspecified atom stereocenters. The second-order valence-corrected chi connectivity index (χ2v) is 3.85. The highest BCUT2D eigenvalue weighted by Crippen LogP contribution is 2.10. The van der Waals surface area contributed by atoms with E-state index >= 15 is 0 Å². The summed E-state index contributed by atoms with van der Waals surface area (Å²) in [7, 11) is 1.25. The van der Waals surface area contributed by atoms with Crippen LogP contribution in [0.3, 0.4) is 0 Å². The van der Waals surface area contributed by atoms with Crippen molar-refractivity contribution in [3.05, 3.63) is 22.4 Å². The molecule has 15 heavy (non-hydrogen) atoms. The van der Waals surface area contributed by atoms with Gasteiger partial charge in [-0.1, -0.05) is 6.07 Å². The molecule has 5 heteroatoms. The summed E-state index contributed by atoms with van der Waals surface area (Å²) in [6, 6.07) is 3.89. The van der Waals surface area contributed by atoms with Crippen molar-refractivity contribution >= 4 is 23.3 Å². The van der Waals surface area contributed by atoms with E-state index in [4.69, 9.17) is 0 Å². The molecular weight excluding hydrogens is 216 g/mol. The second kappa shape index (κ2) is 6.19. The Morgan fingerprint density at radius 1 is 1.40 bits per heavy atom. The Hall–Kier alpha value is -1.36. The standard InChI is InChI=1S/C10H12O4S/c1-13-10(12)7-14-9(11)5-4-8-3-2-6-15-8/h2-3,6H,4-5,7H2,1H3. The SMILES string of the molecule is COC(=O)COC(=O)CCc1cccs1. The second-order valence-electron chi connectivity index (χ2n) is 2.82. The van der Waals surface area contributed by atoms with E-state index in [-0.39, 0.29) is 19.0 Å². The zero-order valence-corrected chi connectivity index (χ0v) is 9.21. The highest BCUT2D eigenvalue weighted by Gasteiger charge is 2.07. The van der Waals surface area contributed by atoms with Crippen LogP contribution in [0.4, 0.5) is 0 Å². The van der Waals surface area contributed by atoms with Gasteiger partial charge >= 0.3 is 11.9 Å². The van der Waals surface area contributed by atoms with E-state index in [0.29, 0.717) is 6.42 Å². The minimum Gasteiger partial charge on any atom is -0.466 e. The van der Waals surface area contributed by atoms with Crippen LogP contribution in [-0.4, -0.2) is 25.7 Å². The van der Waals surface area contributed by atoms with Gasteiger partial charge in [0.25, 0.3) is 0 Å². The molecule has 0 N–H and O–H groups in total. The van der Waals surface area contributed by atoms with Gasteiger partial charge in [0.05, 0.1) is 13.5 Å². The molecule has 0 saturated carbocycles. The van der Waals surface area contributed by atoms with Gasteiger partial charge in [-0.2, -0.15) is 0 Å². The lowest BCUT2D eigenvalue weighted by Crippen LogP contribution is -2.15. The maximum atomic E-state index is 11.1. The van der Waals surface area contributed by atoms with Gasteiger partial charge in [0.15, 0.2) is 6.61 Å². The van der Waals surface area contributed by atoms with Gasteiger partial charge in [-0.15, -0.1) is 11.3 Å². The molecule has 0 amide bonds. The van der Waals surface area contributed by atoms with Crippen LogP contribution < -0.4 is 0 Å². The molecule has 1 aromatic heterocycles. The van der Waals surface area contributed by atoms with Crippen LogP contribution in [0.1, 0.15) is 11.3 Å². The Morgan fingerprint density at radius 2 is 2.20 bits per heavy atom. The molecule has 0 bridgehead atoms. The summed E-state index contributed by atoms with van der Waals surface area (Å²) >= 11 is 1.59. The monoisotopic (exact) mass is 228 g/mol. The average Bonchev–Trinajstić information content (AvgIpc) is 2.75. The van der Waals surface area contributed by atoms with E-state index in [1.54, 1.807) is 11.3 Å². The van der Waals surface area contributed by atoms with E-state index in [1.807, 2.05) is 17.5 Å². The fraction of sp³-hybridized carbons (Fsp3) is 0.400. The number of rotatable bonds is 5. The molecule has 4 nitrogen and oxygen atoms in total. The first-order valence-corrected chi connectivity index (χ1v) is 5.35. The largest absolute Gasteiger partial charge is 0.466 e. The lowest BCUT2D eigenvalue weighted by Gasteiger charge is -2.02. The quantitative estimate of drug-likeness (QED) is 0.715. The van der Waals surface area contributed by atoms with Gasteiger partial charge in [-0.05, 0) is 17.9 Å². The number of aryl methyl sites for hydroxylation is 1. The summed E-state index contributed by atoms with van der Waals surface area (Å²) in [5.74, 6) is -0.923. The van der Waals surface area contributed by atoms with Crippen molar-refractivity contribution in [1.82, 2.24) is 0 Å². The molecule has 1 rings (SSSR count). The fourth-order valence-corrected chi connectivity index (χ4v) is 1.66. The predicted molar refractivity (Wildman–Crippen MR) is 55.6 cm³/mol. The van der Waals surface area contributed by atoms with Gasteiger partial charge in [0.1, 0.15) is 0 Å². The number of ether oxygens (including phenoxy) is 2. The van der Waals surface area contributed by atoms with Crippen LogP contribution >= 0.6 is 11.3 Å². The molecule has 1 aromatic rings. The summed E-state index contributed by atoms with van der Waals surface area (Å²) in [6.45, 7) is -0.306. The number of thiophene rings is 1. The van der Waals surface area contributed by atoms with E-state index in [2.05, 4.69) is 9.47 Å². The first-order valence-electron chi connectivity index (χ1n) is 4.47. The normalized spacial score (nSPS) is 9.67. The van der Waals surface area contributed by atoms with Crippen LogP contribution in [0.25, 0.3) is 0 Å². The lowest BCUT2D eigenvalue weighted by atomic mass is 10.3. The maximum Gasteiger partial charge on any atom is 0.344 e. The van der Waals surface area contributed by atoms with Gasteiger partial charge < -0.3 is 9.47 Å². The maximum absolute atomic E-state index is 11.1. The van der Waals surface area contributed by atoms with Gasteiger partial charge in [0, 0.05) is 4.88 Å². The van der Waals surface area contributed by atoms with Crippen LogP contribution in [0.5, 0.6) is 0 Å². The van der Waals surface area contributed by atoms with E-state index in [1.165, 1.54) is 7.11 Å². The van der Waals surface area contributed by atoms with Crippen molar-refractivity contribution < 1.29 is 19.1 Å². The first-order chi connectivity index (χ1) is 7.22. The Labute approximate surface area is 91.8 Å². The van der Waals surface area contributed by atoms with E-state index in [9.17, 15) is 9.59 Å². The summed E-state index contributed by atoms with van der Waals surface area (Å²) in [5, 5.41) is 1.95. The van der Waals surface area contributed by atoms with E-state index in [0.717, 1.165) is 4.88 Å². The van der Waals surface area contributed by atoms with E-state index < -0.39 is 5.97 Å². The molecule has 82 valence electrons. The van der Waals surface area contributed by atoms with Crippen molar-refractivity contribution in [2.45, 2.75) is 12.8 Å². The van der Waals surface area contributed by atoms with Gasteiger partial charge in [0.2, 0.25) is 0 Å². The van der Waals surface area contributed by atoms with Gasteiger partial charge in [-0.3, -0.25) is 4.79 Å². The summed E-state index contributed by atoms with van der Waals surface area (Å²) < 4.78 is 9.02. The lowest BCUT2D eigenvalue weighted by molar-refractivity contribution is -0.156. The van der Waals surface area contributed by atoms with Crippen molar-refractivity contribution in [2.75, 3.05) is 13.7 Å². The number of hydrogen-bond acceptors (Lipinski definition) is 5. The van der Waals surface area contributed by atoms with Crippen LogP contribution in [0, 0.1) is 0 Å². The fourth-order valence-electron chi connectivity index (χ4n) is 0.951. The summed E-state index contributed by atoms with van der Waals surface area (Å²) in [4.78, 5) is 22.9. The summed E-state index contributed by atoms with van der Waals surface area (Å²) in [6.07, 6.45) is 0.940. The molecule has 0 atom stereocenters. The third kappa shape index (κ3) is 4.60. The molecule has 0 aliphatic rings. The zero-order chi connectivity index (χ0) is 11.1. The average molecular weight is 228 g/mol. The third-order valence-electron chi connectivity index (χ3n) is 1.73. The number of hydrogen-bond donors (Lipinski definition) is 0. The molecule has 0 radical (unpaired) electrons. The number of carbonyl (C=O) groups is 2. The smallest absolute Gasteiger partial charge is 0.344 e. The number of esters is 2. The minimum atomic E-state index is -0.542. The molecule has 0 fully saturated rings. The number of carbonyl (C=O) groups excluding carboxylic acids is 2. The zero-order valence-electron chi connectivity index (χ0n) is 8.39. The van der Waals surface area contributed by atoms with Crippen molar-refractivity contribution in [2.24, 2.45) is 0 Å². The highest BCUT2D eigenvalue weighted by atomic mass is 32.1. The molecule has 0 spiro atoms. The molecule has 0 aliphatic carbocycles. The first kappa shape index (κ1) is 11.7. The van der Waals surface area contributed by atoms with Crippen molar-refractivity contribution in [3.8, 4) is 0 Å². The topological polar surface area (TPSA) is 52.6 Å². The predicted octanol–water partition coefficient (Wildman–Crippen LogP) is 1.40. The van der Waals surface area contributed by atoms with Crippen LogP contribution in [0.15, 0.2) is 17.5 Å². The van der Waals surface area contributed by atoms with Crippen LogP contribution in [-0.2, 0) is 25.5 Å². The molecule has 0 aromatic carbocycles. The molecule has 1 heterocycles. The van der Waals surface area contributed by atoms with Crippen LogP contribution in [0.2, 0.25) is 0 Å². The molecule has 0 aliphatic heterocycles.